The van der Waals surface area contributed by atoms with Gasteiger partial charge < -0.3 is 15.3 Å². The molecule has 1 rings (SSSR count). The summed E-state index contributed by atoms with van der Waals surface area (Å²) in [6.45, 7) is 10.3. The zero-order valence-corrected chi connectivity index (χ0v) is 13.0. The van der Waals surface area contributed by atoms with E-state index in [1.165, 1.54) is 0 Å². The second-order valence-corrected chi connectivity index (χ2v) is 5.15. The van der Waals surface area contributed by atoms with Crippen LogP contribution in [0.1, 0.15) is 44.4 Å². The van der Waals surface area contributed by atoms with Crippen LogP contribution in [-0.2, 0) is 0 Å². The third-order valence-corrected chi connectivity index (χ3v) is 3.49. The van der Waals surface area contributed by atoms with Gasteiger partial charge >= 0.3 is 0 Å². The summed E-state index contributed by atoms with van der Waals surface area (Å²) in [5.41, 5.74) is 2.62. The zero-order valence-electron chi connectivity index (χ0n) is 13.0. The lowest BCUT2D eigenvalue weighted by atomic mass is 10.0. The minimum absolute atomic E-state index is 0.0862. The van der Waals surface area contributed by atoms with Gasteiger partial charge in [-0.2, -0.15) is 0 Å². The number of rotatable bonds is 8. The summed E-state index contributed by atoms with van der Waals surface area (Å²) in [5, 5.41) is 12.6. The Hall–Kier alpha value is -1.13. The van der Waals surface area contributed by atoms with Gasteiger partial charge in [-0.15, -0.1) is 0 Å². The van der Waals surface area contributed by atoms with Gasteiger partial charge in [-0.1, -0.05) is 13.8 Å². The molecule has 0 fully saturated rings. The summed E-state index contributed by atoms with van der Waals surface area (Å²) in [6, 6.07) is 3.60. The fourth-order valence-corrected chi connectivity index (χ4v) is 2.46. The molecule has 0 bridgehead atoms. The molecule has 0 aliphatic rings. The van der Waals surface area contributed by atoms with Gasteiger partial charge in [-0.25, -0.2) is 4.39 Å². The highest BCUT2D eigenvalue weighted by Gasteiger charge is 2.17. The van der Waals surface area contributed by atoms with E-state index in [2.05, 4.69) is 17.1 Å². The van der Waals surface area contributed by atoms with Crippen LogP contribution in [0.15, 0.2) is 12.1 Å². The Morgan fingerprint density at radius 2 is 2.00 bits per heavy atom. The number of benzene rings is 1. The van der Waals surface area contributed by atoms with Gasteiger partial charge in [0.15, 0.2) is 0 Å². The molecule has 0 saturated carbocycles. The molecule has 3 nitrogen and oxygen atoms in total. The largest absolute Gasteiger partial charge is 0.395 e. The molecule has 1 unspecified atom stereocenters. The highest BCUT2D eigenvalue weighted by atomic mass is 19.1. The minimum Gasteiger partial charge on any atom is -0.395 e. The fraction of sp³-hybridized carbons (Fsp3) is 0.625. The number of aryl methyl sites for hydroxylation is 1. The predicted octanol–water partition coefficient (Wildman–Crippen LogP) is 3.01. The first kappa shape index (κ1) is 16.9. The van der Waals surface area contributed by atoms with E-state index in [9.17, 15) is 9.50 Å². The van der Waals surface area contributed by atoms with Crippen molar-refractivity contribution in [2.75, 3.05) is 31.1 Å². The molecule has 1 aromatic rings. The van der Waals surface area contributed by atoms with Gasteiger partial charge in [0.25, 0.3) is 0 Å². The Morgan fingerprint density at radius 1 is 1.30 bits per heavy atom. The minimum atomic E-state index is -0.172. The second kappa shape index (κ2) is 8.22. The summed E-state index contributed by atoms with van der Waals surface area (Å²) in [4.78, 5) is 2.13. The molecule has 0 aliphatic heterocycles. The maximum Gasteiger partial charge on any atom is 0.126 e. The van der Waals surface area contributed by atoms with Crippen LogP contribution in [0.3, 0.4) is 0 Å². The van der Waals surface area contributed by atoms with E-state index in [1.54, 1.807) is 13.0 Å². The van der Waals surface area contributed by atoms with Crippen molar-refractivity contribution in [3.05, 3.63) is 29.1 Å². The van der Waals surface area contributed by atoms with E-state index < -0.39 is 0 Å². The molecule has 114 valence electrons. The van der Waals surface area contributed by atoms with Crippen LogP contribution in [0.4, 0.5) is 10.1 Å². The Bertz CT molecular complexity index is 417. The summed E-state index contributed by atoms with van der Waals surface area (Å²) in [5.74, 6) is -0.172. The van der Waals surface area contributed by atoms with E-state index in [4.69, 9.17) is 0 Å². The fourth-order valence-electron chi connectivity index (χ4n) is 2.46. The Balaban J connectivity index is 3.22. The zero-order chi connectivity index (χ0) is 15.1. The topological polar surface area (TPSA) is 35.5 Å². The normalized spacial score (nSPS) is 12.5. The van der Waals surface area contributed by atoms with Crippen molar-refractivity contribution in [3.8, 4) is 0 Å². The average Bonchev–Trinajstić information content (AvgIpc) is 2.41. The van der Waals surface area contributed by atoms with Crippen molar-refractivity contribution in [1.29, 1.82) is 0 Å². The molecule has 0 heterocycles. The molecule has 0 amide bonds. The molecule has 4 heteroatoms. The number of halogens is 1. The number of hydrogen-bond donors (Lipinski definition) is 2. The molecule has 2 N–H and O–H groups in total. The number of nitrogens with one attached hydrogen (secondary N) is 1. The summed E-state index contributed by atoms with van der Waals surface area (Å²) in [6.07, 6.45) is 0.992. The highest BCUT2D eigenvalue weighted by molar-refractivity contribution is 5.57. The van der Waals surface area contributed by atoms with Crippen LogP contribution in [-0.4, -0.2) is 31.3 Å². The van der Waals surface area contributed by atoms with Crippen LogP contribution >= 0.6 is 0 Å². The van der Waals surface area contributed by atoms with Gasteiger partial charge in [0.1, 0.15) is 5.82 Å². The molecule has 20 heavy (non-hydrogen) atoms. The number of hydrogen-bond acceptors (Lipinski definition) is 3. The number of anilines is 1. The molecule has 1 aromatic carbocycles. The lowest BCUT2D eigenvalue weighted by molar-refractivity contribution is 0.301. The van der Waals surface area contributed by atoms with Crippen molar-refractivity contribution in [1.82, 2.24) is 5.32 Å². The van der Waals surface area contributed by atoms with Crippen molar-refractivity contribution in [2.24, 2.45) is 0 Å². The predicted molar refractivity (Wildman–Crippen MR) is 82.8 cm³/mol. The van der Waals surface area contributed by atoms with Gasteiger partial charge in [0, 0.05) is 24.8 Å². The van der Waals surface area contributed by atoms with Crippen LogP contribution < -0.4 is 10.2 Å². The van der Waals surface area contributed by atoms with Crippen molar-refractivity contribution in [2.45, 2.75) is 40.2 Å². The van der Waals surface area contributed by atoms with Gasteiger partial charge in [-0.3, -0.25) is 0 Å². The van der Waals surface area contributed by atoms with E-state index in [0.29, 0.717) is 12.1 Å². The number of nitrogens with zero attached hydrogens (tertiary/aromatic N) is 1. The van der Waals surface area contributed by atoms with Crippen molar-refractivity contribution >= 4 is 5.69 Å². The first-order valence-electron chi connectivity index (χ1n) is 7.44. The molecule has 0 saturated heterocycles. The van der Waals surface area contributed by atoms with Gasteiger partial charge in [-0.05, 0) is 50.1 Å². The number of aliphatic hydroxyl groups excluding tert-OH is 1. The third kappa shape index (κ3) is 4.18. The summed E-state index contributed by atoms with van der Waals surface area (Å²) in [7, 11) is 0. The highest BCUT2D eigenvalue weighted by Crippen LogP contribution is 2.29. The van der Waals surface area contributed by atoms with Crippen molar-refractivity contribution < 1.29 is 9.50 Å². The van der Waals surface area contributed by atoms with E-state index in [1.807, 2.05) is 19.9 Å². The third-order valence-electron chi connectivity index (χ3n) is 3.49. The van der Waals surface area contributed by atoms with Gasteiger partial charge in [0.05, 0.1) is 6.61 Å². The lowest BCUT2D eigenvalue weighted by Crippen LogP contribution is -2.30. The van der Waals surface area contributed by atoms with Gasteiger partial charge in [0.2, 0.25) is 0 Å². The monoisotopic (exact) mass is 282 g/mol. The smallest absolute Gasteiger partial charge is 0.126 e. The van der Waals surface area contributed by atoms with Crippen LogP contribution in [0.2, 0.25) is 0 Å². The molecular weight excluding hydrogens is 255 g/mol. The molecule has 0 aromatic heterocycles. The van der Waals surface area contributed by atoms with Crippen LogP contribution in [0.25, 0.3) is 0 Å². The molecule has 1 atom stereocenters. The maximum absolute atomic E-state index is 13.9. The van der Waals surface area contributed by atoms with Crippen LogP contribution in [0, 0.1) is 12.7 Å². The Morgan fingerprint density at radius 3 is 2.55 bits per heavy atom. The first-order valence-corrected chi connectivity index (χ1v) is 7.44. The summed E-state index contributed by atoms with van der Waals surface area (Å²) >= 11 is 0. The molecule has 0 spiro atoms. The lowest BCUT2D eigenvalue weighted by Gasteiger charge is -2.29. The number of aliphatic hydroxyl groups is 1. The average molecular weight is 282 g/mol. The SMILES string of the molecule is CCCN(CCO)c1cc(C)c(F)cc1C(C)NCC. The Labute approximate surface area is 121 Å². The quantitative estimate of drug-likeness (QED) is 0.769. The Kier molecular flexibility index (Phi) is 6.96. The standard InChI is InChI=1S/C16H27FN2O/c1-5-7-19(8-9-20)16-10-12(3)15(17)11-14(16)13(4)18-6-2/h10-11,13,18,20H,5-9H2,1-4H3. The molecule has 0 aliphatic carbocycles. The molecular formula is C16H27FN2O. The second-order valence-electron chi connectivity index (χ2n) is 5.15. The van der Waals surface area contributed by atoms with E-state index >= 15 is 0 Å². The summed E-state index contributed by atoms with van der Waals surface area (Å²) < 4.78 is 13.9. The maximum atomic E-state index is 13.9. The van der Waals surface area contributed by atoms with E-state index in [-0.39, 0.29) is 18.5 Å². The molecule has 0 radical (unpaired) electrons. The van der Waals surface area contributed by atoms with E-state index in [0.717, 1.165) is 30.8 Å². The van der Waals surface area contributed by atoms with Crippen molar-refractivity contribution in [3.63, 3.8) is 0 Å². The van der Waals surface area contributed by atoms with Crippen LogP contribution in [0.5, 0.6) is 0 Å². The first-order chi connectivity index (χ1) is 9.54.